The van der Waals surface area contributed by atoms with Crippen LogP contribution in [0.5, 0.6) is 0 Å². The molecule has 1 N–H and O–H groups in total. The first-order valence-electron chi connectivity index (χ1n) is 7.41. The van der Waals surface area contributed by atoms with E-state index in [4.69, 9.17) is 0 Å². The number of rotatable bonds is 2. The van der Waals surface area contributed by atoms with E-state index in [1.165, 1.54) is 44.9 Å². The van der Waals surface area contributed by atoms with Gasteiger partial charge in [0.05, 0.1) is 0 Å². The molecule has 0 aromatic heterocycles. The van der Waals surface area contributed by atoms with Crippen LogP contribution < -0.4 is 5.32 Å². The second-order valence-electron chi connectivity index (χ2n) is 6.59. The van der Waals surface area contributed by atoms with Crippen LogP contribution >= 0.6 is 0 Å². The third-order valence-electron chi connectivity index (χ3n) is 5.09. The number of hydrogen-bond acceptors (Lipinski definition) is 1. The van der Waals surface area contributed by atoms with Crippen molar-refractivity contribution in [1.82, 2.24) is 5.32 Å². The molecule has 3 unspecified atom stereocenters. The number of nitrogens with one attached hydrogen (secondary N) is 1. The first-order valence-corrected chi connectivity index (χ1v) is 7.41. The maximum Gasteiger partial charge on any atom is 0.00723 e. The highest BCUT2D eigenvalue weighted by Gasteiger charge is 2.27. The summed E-state index contributed by atoms with van der Waals surface area (Å²) in [7, 11) is 0. The van der Waals surface area contributed by atoms with Gasteiger partial charge in [0, 0.05) is 12.1 Å². The van der Waals surface area contributed by atoms with Gasteiger partial charge in [-0.25, -0.2) is 0 Å². The Hall–Kier alpha value is -0.0400. The zero-order chi connectivity index (χ0) is 11.5. The molecule has 0 spiro atoms. The van der Waals surface area contributed by atoms with Crippen molar-refractivity contribution in [1.29, 1.82) is 0 Å². The molecule has 16 heavy (non-hydrogen) atoms. The molecule has 3 atom stereocenters. The van der Waals surface area contributed by atoms with Crippen molar-refractivity contribution in [3.8, 4) is 0 Å². The Labute approximate surface area is 101 Å². The van der Waals surface area contributed by atoms with Gasteiger partial charge in [-0.1, -0.05) is 20.8 Å². The van der Waals surface area contributed by atoms with E-state index in [1.54, 1.807) is 0 Å². The molecule has 0 saturated heterocycles. The predicted octanol–water partition coefficient (Wildman–Crippen LogP) is 3.98. The molecule has 0 radical (unpaired) electrons. The van der Waals surface area contributed by atoms with Crippen LogP contribution in [0.1, 0.15) is 65.7 Å². The fourth-order valence-corrected chi connectivity index (χ4v) is 3.46. The van der Waals surface area contributed by atoms with Gasteiger partial charge in [-0.2, -0.15) is 0 Å². The maximum atomic E-state index is 3.93. The topological polar surface area (TPSA) is 12.0 Å². The second kappa shape index (κ2) is 5.53. The van der Waals surface area contributed by atoms with Crippen LogP contribution in [0.15, 0.2) is 0 Å². The molecule has 2 aliphatic carbocycles. The highest BCUT2D eigenvalue weighted by atomic mass is 15.0. The molecule has 0 amide bonds. The molecular formula is C15H29N. The quantitative estimate of drug-likeness (QED) is 0.746. The van der Waals surface area contributed by atoms with E-state index in [0.29, 0.717) is 0 Å². The highest BCUT2D eigenvalue weighted by molar-refractivity contribution is 4.84. The predicted molar refractivity (Wildman–Crippen MR) is 70.5 cm³/mol. The molecule has 0 aromatic carbocycles. The zero-order valence-corrected chi connectivity index (χ0v) is 11.3. The molecular weight excluding hydrogens is 194 g/mol. The lowest BCUT2D eigenvalue weighted by Crippen LogP contribution is -2.43. The largest absolute Gasteiger partial charge is 0.311 e. The monoisotopic (exact) mass is 223 g/mol. The summed E-state index contributed by atoms with van der Waals surface area (Å²) >= 11 is 0. The average Bonchev–Trinajstić information content (AvgIpc) is 2.27. The molecule has 2 fully saturated rings. The van der Waals surface area contributed by atoms with Crippen molar-refractivity contribution in [2.24, 2.45) is 17.8 Å². The molecule has 0 heterocycles. The smallest absolute Gasteiger partial charge is 0.00723 e. The van der Waals surface area contributed by atoms with Crippen molar-refractivity contribution in [3.05, 3.63) is 0 Å². The first-order chi connectivity index (χ1) is 7.65. The molecule has 1 heteroatoms. The van der Waals surface area contributed by atoms with Crippen LogP contribution in [0.4, 0.5) is 0 Å². The van der Waals surface area contributed by atoms with Crippen LogP contribution in [0.3, 0.4) is 0 Å². The van der Waals surface area contributed by atoms with Crippen molar-refractivity contribution in [3.63, 3.8) is 0 Å². The average molecular weight is 223 g/mol. The summed E-state index contributed by atoms with van der Waals surface area (Å²) in [5, 5.41) is 3.93. The Bertz CT molecular complexity index is 205. The molecule has 2 aliphatic rings. The maximum absolute atomic E-state index is 3.93. The molecule has 94 valence electrons. The Balaban J connectivity index is 1.73. The number of hydrogen-bond donors (Lipinski definition) is 1. The van der Waals surface area contributed by atoms with E-state index in [0.717, 1.165) is 29.8 Å². The van der Waals surface area contributed by atoms with E-state index in [-0.39, 0.29) is 0 Å². The summed E-state index contributed by atoms with van der Waals surface area (Å²) in [5.41, 5.74) is 0. The van der Waals surface area contributed by atoms with E-state index >= 15 is 0 Å². The van der Waals surface area contributed by atoms with Crippen molar-refractivity contribution < 1.29 is 0 Å². The van der Waals surface area contributed by atoms with Gasteiger partial charge in [0.1, 0.15) is 0 Å². The fraction of sp³-hybridized carbons (Fsp3) is 1.00. The standard InChI is InChI=1S/C15H29N/c1-11-4-7-14(8-5-11)16-15-9-6-12(2)13(3)10-15/h11-16H,4-10H2,1-3H3. The van der Waals surface area contributed by atoms with Crippen LogP contribution in [0, 0.1) is 17.8 Å². The van der Waals surface area contributed by atoms with Gasteiger partial charge < -0.3 is 5.32 Å². The van der Waals surface area contributed by atoms with Gasteiger partial charge in [0.2, 0.25) is 0 Å². The van der Waals surface area contributed by atoms with E-state index in [9.17, 15) is 0 Å². The van der Waals surface area contributed by atoms with Gasteiger partial charge in [-0.05, 0) is 62.7 Å². The summed E-state index contributed by atoms with van der Waals surface area (Å²) in [4.78, 5) is 0. The van der Waals surface area contributed by atoms with Crippen molar-refractivity contribution in [2.75, 3.05) is 0 Å². The molecule has 2 rings (SSSR count). The Morgan fingerprint density at radius 2 is 1.31 bits per heavy atom. The van der Waals surface area contributed by atoms with Gasteiger partial charge in [0.15, 0.2) is 0 Å². The third kappa shape index (κ3) is 3.23. The summed E-state index contributed by atoms with van der Waals surface area (Å²) in [6, 6.07) is 1.66. The van der Waals surface area contributed by atoms with E-state index in [1.807, 2.05) is 0 Å². The van der Waals surface area contributed by atoms with Crippen LogP contribution in [-0.4, -0.2) is 12.1 Å². The summed E-state index contributed by atoms with van der Waals surface area (Å²) in [6.45, 7) is 7.26. The summed E-state index contributed by atoms with van der Waals surface area (Å²) < 4.78 is 0. The zero-order valence-electron chi connectivity index (χ0n) is 11.3. The second-order valence-corrected chi connectivity index (χ2v) is 6.59. The van der Waals surface area contributed by atoms with Gasteiger partial charge >= 0.3 is 0 Å². The van der Waals surface area contributed by atoms with Crippen LogP contribution in [-0.2, 0) is 0 Å². The summed E-state index contributed by atoms with van der Waals surface area (Å²) in [6.07, 6.45) is 9.97. The SMILES string of the molecule is CC1CCC(NC2CCC(C)C(C)C2)CC1. The summed E-state index contributed by atoms with van der Waals surface area (Å²) in [5.74, 6) is 2.85. The fourth-order valence-electron chi connectivity index (χ4n) is 3.46. The van der Waals surface area contributed by atoms with Gasteiger partial charge in [-0.3, -0.25) is 0 Å². The van der Waals surface area contributed by atoms with Crippen LogP contribution in [0.2, 0.25) is 0 Å². The van der Waals surface area contributed by atoms with Crippen molar-refractivity contribution in [2.45, 2.75) is 77.8 Å². The van der Waals surface area contributed by atoms with E-state index in [2.05, 4.69) is 26.1 Å². The molecule has 0 bridgehead atoms. The minimum atomic E-state index is 0.824. The van der Waals surface area contributed by atoms with Crippen molar-refractivity contribution >= 4 is 0 Å². The highest BCUT2D eigenvalue weighted by Crippen LogP contribution is 2.31. The molecule has 2 saturated carbocycles. The lowest BCUT2D eigenvalue weighted by molar-refractivity contribution is 0.196. The first kappa shape index (κ1) is 12.4. The van der Waals surface area contributed by atoms with Crippen LogP contribution in [0.25, 0.3) is 0 Å². The Morgan fingerprint density at radius 3 is 1.94 bits per heavy atom. The van der Waals surface area contributed by atoms with Gasteiger partial charge in [-0.15, -0.1) is 0 Å². The minimum Gasteiger partial charge on any atom is -0.311 e. The van der Waals surface area contributed by atoms with Gasteiger partial charge in [0.25, 0.3) is 0 Å². The lowest BCUT2D eigenvalue weighted by Gasteiger charge is -2.37. The lowest BCUT2D eigenvalue weighted by atomic mass is 9.78. The molecule has 0 aromatic rings. The normalized spacial score (nSPS) is 45.6. The minimum absolute atomic E-state index is 0.824. The Kier molecular flexibility index (Phi) is 4.29. The van der Waals surface area contributed by atoms with E-state index < -0.39 is 0 Å². The Morgan fingerprint density at radius 1 is 0.688 bits per heavy atom. The third-order valence-corrected chi connectivity index (χ3v) is 5.09. The molecule has 0 aliphatic heterocycles. The molecule has 1 nitrogen and oxygen atoms in total.